The number of pyridine rings is 1. The van der Waals surface area contributed by atoms with Gasteiger partial charge in [-0.15, -0.1) is 4.72 Å². The zero-order chi connectivity index (χ0) is 22.0. The number of hydrogen-bond acceptors (Lipinski definition) is 4. The Hall–Kier alpha value is -1.75. The van der Waals surface area contributed by atoms with Crippen molar-refractivity contribution in [2.75, 3.05) is 6.61 Å². The van der Waals surface area contributed by atoms with Gasteiger partial charge in [-0.25, -0.2) is 8.78 Å². The Morgan fingerprint density at radius 3 is 2.24 bits per heavy atom. The summed E-state index contributed by atoms with van der Waals surface area (Å²) in [6.07, 6.45) is -3.99. The number of nitrogens with one attached hydrogen (secondary N) is 1. The van der Waals surface area contributed by atoms with E-state index in [4.69, 9.17) is 0 Å². The number of aliphatic hydroxyl groups excluding tert-OH is 1. The van der Waals surface area contributed by atoms with Gasteiger partial charge in [0.05, 0.1) is 5.56 Å². The molecule has 2 aromatic rings. The van der Waals surface area contributed by atoms with Crippen LogP contribution in [0.2, 0.25) is 0 Å². The topological polar surface area (TPSA) is 68.2 Å². The highest BCUT2D eigenvalue weighted by atomic mass is 32.2. The highest BCUT2D eigenvalue weighted by Crippen LogP contribution is 2.39. The first kappa shape index (κ1) is 23.5. The fraction of sp³-hybridized carbons (Fsp3) is 0.421. The summed E-state index contributed by atoms with van der Waals surface area (Å²) >= 11 is -1.86. The minimum absolute atomic E-state index is 0.146. The molecule has 0 fully saturated rings. The molecule has 4 nitrogen and oxygen atoms in total. The lowest BCUT2D eigenvalue weighted by atomic mass is 9.83. The van der Waals surface area contributed by atoms with E-state index in [1.165, 1.54) is 12.3 Å². The van der Waals surface area contributed by atoms with Gasteiger partial charge in [-0.05, 0) is 50.6 Å². The average Bonchev–Trinajstić information content (AvgIpc) is 2.59. The molecule has 0 aliphatic heterocycles. The fourth-order valence-corrected chi connectivity index (χ4v) is 3.69. The van der Waals surface area contributed by atoms with E-state index in [0.29, 0.717) is 12.1 Å². The van der Waals surface area contributed by atoms with E-state index in [1.807, 2.05) is 0 Å². The highest BCUT2D eigenvalue weighted by Gasteiger charge is 2.45. The number of nitrogens with zero attached hydrogens (tertiary/aromatic N) is 1. The van der Waals surface area contributed by atoms with Crippen molar-refractivity contribution in [2.24, 2.45) is 0 Å². The third kappa shape index (κ3) is 5.06. The largest absolute Gasteiger partial charge is 0.598 e. The van der Waals surface area contributed by atoms with E-state index in [9.17, 15) is 31.6 Å². The smallest absolute Gasteiger partial charge is 0.419 e. The molecular weight excluding hydrogens is 415 g/mol. The molecule has 1 unspecified atom stereocenters. The third-order valence-corrected chi connectivity index (χ3v) is 5.89. The molecule has 0 bridgehead atoms. The molecule has 10 heteroatoms. The van der Waals surface area contributed by atoms with Gasteiger partial charge in [0.25, 0.3) is 0 Å². The van der Waals surface area contributed by atoms with Crippen LogP contribution in [0.4, 0.5) is 22.0 Å². The Morgan fingerprint density at radius 2 is 1.76 bits per heavy atom. The quantitative estimate of drug-likeness (QED) is 0.530. The van der Waals surface area contributed by atoms with Gasteiger partial charge in [0, 0.05) is 30.6 Å². The van der Waals surface area contributed by atoms with Crippen LogP contribution in [0, 0.1) is 11.6 Å². The number of rotatable bonds is 6. The Bertz CT molecular complexity index is 857. The molecule has 1 aromatic heterocycles. The summed E-state index contributed by atoms with van der Waals surface area (Å²) < 4.78 is 82.5. The molecular formula is C19H21F5N2O2S. The van der Waals surface area contributed by atoms with Crippen LogP contribution in [0.1, 0.15) is 44.0 Å². The first-order chi connectivity index (χ1) is 13.3. The van der Waals surface area contributed by atoms with Crippen molar-refractivity contribution in [3.63, 3.8) is 0 Å². The highest BCUT2D eigenvalue weighted by molar-refractivity contribution is 7.90. The van der Waals surface area contributed by atoms with E-state index < -0.39 is 51.6 Å². The SMILES string of the molecule is CC(C)(C)[S+]([O-])N[C@@](CCO)(c1ccc(C(F)(F)F)c(F)c1)c1ncccc1F. The first-order valence-electron chi connectivity index (χ1n) is 8.61. The van der Waals surface area contributed by atoms with Gasteiger partial charge in [0.2, 0.25) is 0 Å². The minimum Gasteiger partial charge on any atom is -0.598 e. The molecule has 0 aliphatic rings. The second kappa shape index (κ2) is 8.55. The second-order valence-corrected chi connectivity index (χ2v) is 9.35. The van der Waals surface area contributed by atoms with Crippen molar-refractivity contribution in [2.45, 2.75) is 43.7 Å². The Morgan fingerprint density at radius 1 is 1.10 bits per heavy atom. The number of benzene rings is 1. The van der Waals surface area contributed by atoms with Crippen molar-refractivity contribution >= 4 is 11.4 Å². The molecule has 0 saturated heterocycles. The molecule has 1 heterocycles. The van der Waals surface area contributed by atoms with E-state index in [2.05, 4.69) is 9.71 Å². The van der Waals surface area contributed by atoms with Crippen molar-refractivity contribution in [1.82, 2.24) is 9.71 Å². The standard InChI is InChI=1S/C19H21F5N2O2S/c1-17(2,3)29(28)26-18(8-10-27,16-14(20)5-4-9-25-16)12-6-7-13(15(21)11-12)19(22,23)24/h4-7,9,11,26-27H,8,10H2,1-3H3/t18-,29?/m0/s1. The molecule has 0 amide bonds. The Labute approximate surface area is 168 Å². The van der Waals surface area contributed by atoms with Crippen LogP contribution in [0.3, 0.4) is 0 Å². The molecule has 0 aliphatic carbocycles. The maximum absolute atomic E-state index is 14.7. The van der Waals surface area contributed by atoms with Crippen LogP contribution in [0.15, 0.2) is 36.5 Å². The van der Waals surface area contributed by atoms with Crippen LogP contribution < -0.4 is 4.72 Å². The second-order valence-electron chi connectivity index (χ2n) is 7.39. The fourth-order valence-electron chi connectivity index (χ4n) is 2.75. The molecule has 0 saturated carbocycles. The van der Waals surface area contributed by atoms with Crippen molar-refractivity contribution in [1.29, 1.82) is 0 Å². The van der Waals surface area contributed by atoms with Crippen LogP contribution >= 0.6 is 0 Å². The summed E-state index contributed by atoms with van der Waals surface area (Å²) in [5, 5.41) is 9.62. The van der Waals surface area contributed by atoms with Gasteiger partial charge in [0.1, 0.15) is 27.6 Å². The summed E-state index contributed by atoms with van der Waals surface area (Å²) in [5.41, 5.74) is -3.78. The van der Waals surface area contributed by atoms with Gasteiger partial charge >= 0.3 is 6.18 Å². The Balaban J connectivity index is 2.75. The van der Waals surface area contributed by atoms with Crippen molar-refractivity contribution < 1.29 is 31.6 Å². The van der Waals surface area contributed by atoms with Crippen LogP contribution in [-0.4, -0.2) is 26.0 Å². The van der Waals surface area contributed by atoms with Gasteiger partial charge in [-0.2, -0.15) is 13.2 Å². The van der Waals surface area contributed by atoms with E-state index in [-0.39, 0.29) is 17.7 Å². The molecule has 2 rings (SSSR count). The molecule has 0 spiro atoms. The summed E-state index contributed by atoms with van der Waals surface area (Å²) in [4.78, 5) is 3.95. The zero-order valence-electron chi connectivity index (χ0n) is 16.0. The summed E-state index contributed by atoms with van der Waals surface area (Å²) in [5.74, 6) is -2.42. The number of hydrogen-bond donors (Lipinski definition) is 2. The maximum atomic E-state index is 14.7. The molecule has 0 radical (unpaired) electrons. The molecule has 29 heavy (non-hydrogen) atoms. The van der Waals surface area contributed by atoms with E-state index in [0.717, 1.165) is 12.1 Å². The van der Waals surface area contributed by atoms with Gasteiger partial charge in [-0.1, -0.05) is 6.07 Å². The van der Waals surface area contributed by atoms with Gasteiger partial charge in [0.15, 0.2) is 0 Å². The monoisotopic (exact) mass is 436 g/mol. The summed E-state index contributed by atoms with van der Waals surface area (Å²) in [7, 11) is 0. The lowest BCUT2D eigenvalue weighted by Gasteiger charge is -2.37. The number of aliphatic hydroxyl groups is 1. The molecule has 1 aromatic carbocycles. The van der Waals surface area contributed by atoms with Crippen molar-refractivity contribution in [3.05, 3.63) is 65.0 Å². The average molecular weight is 436 g/mol. The third-order valence-electron chi connectivity index (χ3n) is 4.24. The summed E-state index contributed by atoms with van der Waals surface area (Å²) in [6.45, 7) is 4.32. The predicted molar refractivity (Wildman–Crippen MR) is 99.1 cm³/mol. The minimum atomic E-state index is -4.92. The van der Waals surface area contributed by atoms with E-state index >= 15 is 0 Å². The first-order valence-corrected chi connectivity index (χ1v) is 9.76. The van der Waals surface area contributed by atoms with E-state index in [1.54, 1.807) is 20.8 Å². The number of alkyl halides is 3. The van der Waals surface area contributed by atoms with Crippen LogP contribution in [0.5, 0.6) is 0 Å². The molecule has 2 atom stereocenters. The van der Waals surface area contributed by atoms with Crippen molar-refractivity contribution in [3.8, 4) is 0 Å². The van der Waals surface area contributed by atoms with Crippen LogP contribution in [0.25, 0.3) is 0 Å². The number of aromatic nitrogens is 1. The van der Waals surface area contributed by atoms with Gasteiger partial charge in [-0.3, -0.25) is 4.98 Å². The molecule has 160 valence electrons. The maximum Gasteiger partial charge on any atom is 0.419 e. The lowest BCUT2D eigenvalue weighted by Crippen LogP contribution is -2.53. The lowest BCUT2D eigenvalue weighted by molar-refractivity contribution is -0.140. The molecule has 2 N–H and O–H groups in total. The van der Waals surface area contributed by atoms with Crippen LogP contribution in [-0.2, 0) is 23.1 Å². The van der Waals surface area contributed by atoms with Gasteiger partial charge < -0.3 is 9.66 Å². The Kier molecular flexibility index (Phi) is 6.93. The summed E-state index contributed by atoms with van der Waals surface area (Å²) in [6, 6.07) is 4.45. The predicted octanol–water partition coefficient (Wildman–Crippen LogP) is 4.06. The normalized spacial score (nSPS) is 15.8. The number of halogens is 5. The zero-order valence-corrected chi connectivity index (χ0v) is 16.8.